The first-order valence-corrected chi connectivity index (χ1v) is 4.80. The molecule has 0 aromatic rings. The van der Waals surface area contributed by atoms with Gasteiger partial charge in [0.1, 0.15) is 0 Å². The number of primary amides is 1. The van der Waals surface area contributed by atoms with Gasteiger partial charge in [0.05, 0.1) is 6.61 Å². The standard InChI is InChI=1S/C8H15NO2.C3H5NO/c1-6(2)5-11-9-8(10)7(3)4;1-2-3(4)5/h6H,3,5H2,1-2,4H3,(H,9,10);2H,1H2,(H2,4,5). The molecule has 0 aliphatic rings. The molecule has 0 aromatic heterocycles. The second-order valence-electron chi connectivity index (χ2n) is 3.52. The van der Waals surface area contributed by atoms with Gasteiger partial charge in [-0.3, -0.25) is 14.4 Å². The summed E-state index contributed by atoms with van der Waals surface area (Å²) >= 11 is 0. The van der Waals surface area contributed by atoms with E-state index in [0.717, 1.165) is 6.08 Å². The zero-order valence-corrected chi connectivity index (χ0v) is 10.1. The lowest BCUT2D eigenvalue weighted by Gasteiger charge is -2.06. The van der Waals surface area contributed by atoms with E-state index in [2.05, 4.69) is 24.4 Å². The van der Waals surface area contributed by atoms with Gasteiger partial charge in [-0.25, -0.2) is 5.48 Å². The van der Waals surface area contributed by atoms with Gasteiger partial charge in [-0.15, -0.1) is 0 Å². The zero-order chi connectivity index (χ0) is 13.1. The zero-order valence-electron chi connectivity index (χ0n) is 10.1. The van der Waals surface area contributed by atoms with Crippen molar-refractivity contribution in [1.29, 1.82) is 0 Å². The normalized spacial score (nSPS) is 8.75. The Hall–Kier alpha value is -1.62. The van der Waals surface area contributed by atoms with Gasteiger partial charge in [-0.05, 0) is 18.9 Å². The Labute approximate surface area is 96.3 Å². The molecule has 0 heterocycles. The molecule has 0 aromatic carbocycles. The maximum atomic E-state index is 10.8. The molecule has 16 heavy (non-hydrogen) atoms. The number of amides is 2. The molecule has 0 aliphatic carbocycles. The van der Waals surface area contributed by atoms with Crippen molar-refractivity contribution in [3.63, 3.8) is 0 Å². The van der Waals surface area contributed by atoms with Crippen LogP contribution in [0, 0.1) is 5.92 Å². The minimum Gasteiger partial charge on any atom is -0.366 e. The Morgan fingerprint density at radius 2 is 1.94 bits per heavy atom. The Balaban J connectivity index is 0. The van der Waals surface area contributed by atoms with E-state index in [1.807, 2.05) is 13.8 Å². The van der Waals surface area contributed by atoms with Crippen LogP contribution in [0.4, 0.5) is 0 Å². The van der Waals surface area contributed by atoms with E-state index in [-0.39, 0.29) is 5.91 Å². The highest BCUT2D eigenvalue weighted by Gasteiger charge is 2.00. The first-order chi connectivity index (χ1) is 7.31. The van der Waals surface area contributed by atoms with Crippen molar-refractivity contribution in [2.75, 3.05) is 6.61 Å². The van der Waals surface area contributed by atoms with E-state index >= 15 is 0 Å². The lowest BCUT2D eigenvalue weighted by atomic mass is 10.2. The molecule has 0 saturated carbocycles. The molecule has 0 aliphatic heterocycles. The Morgan fingerprint density at radius 1 is 1.50 bits per heavy atom. The van der Waals surface area contributed by atoms with Gasteiger partial charge in [0.15, 0.2) is 0 Å². The van der Waals surface area contributed by atoms with Gasteiger partial charge in [0.25, 0.3) is 5.91 Å². The van der Waals surface area contributed by atoms with Crippen LogP contribution in [-0.2, 0) is 14.4 Å². The average molecular weight is 228 g/mol. The van der Waals surface area contributed by atoms with E-state index in [1.54, 1.807) is 6.92 Å². The molecule has 0 unspecified atom stereocenters. The molecule has 3 N–H and O–H groups in total. The molecule has 5 heteroatoms. The predicted octanol–water partition coefficient (Wildman–Crippen LogP) is 0.924. The number of hydroxylamine groups is 1. The van der Waals surface area contributed by atoms with Crippen molar-refractivity contribution in [1.82, 2.24) is 5.48 Å². The topological polar surface area (TPSA) is 81.4 Å². The molecule has 92 valence electrons. The van der Waals surface area contributed by atoms with Crippen molar-refractivity contribution < 1.29 is 14.4 Å². The quantitative estimate of drug-likeness (QED) is 0.542. The second-order valence-corrected chi connectivity index (χ2v) is 3.52. The number of carbonyl (C=O) groups excluding carboxylic acids is 2. The minimum atomic E-state index is -0.481. The monoisotopic (exact) mass is 228 g/mol. The number of hydrogen-bond donors (Lipinski definition) is 2. The van der Waals surface area contributed by atoms with Crippen LogP contribution in [0.2, 0.25) is 0 Å². The molecule has 0 radical (unpaired) electrons. The fourth-order valence-corrected chi connectivity index (χ4v) is 0.361. The lowest BCUT2D eigenvalue weighted by Crippen LogP contribution is -2.25. The van der Waals surface area contributed by atoms with Crippen molar-refractivity contribution in [2.45, 2.75) is 20.8 Å². The number of hydrogen-bond acceptors (Lipinski definition) is 3. The van der Waals surface area contributed by atoms with Crippen LogP contribution in [0.15, 0.2) is 24.8 Å². The summed E-state index contributed by atoms with van der Waals surface area (Å²) in [6.07, 6.45) is 1.06. The number of carbonyl (C=O) groups is 2. The summed E-state index contributed by atoms with van der Waals surface area (Å²) in [5.41, 5.74) is 7.26. The maximum Gasteiger partial charge on any atom is 0.269 e. The molecule has 5 nitrogen and oxygen atoms in total. The lowest BCUT2D eigenvalue weighted by molar-refractivity contribution is -0.130. The van der Waals surface area contributed by atoms with Crippen molar-refractivity contribution in [3.05, 3.63) is 24.8 Å². The van der Waals surface area contributed by atoms with E-state index in [1.165, 1.54) is 0 Å². The fourth-order valence-electron chi connectivity index (χ4n) is 0.361. The van der Waals surface area contributed by atoms with Crippen molar-refractivity contribution in [2.24, 2.45) is 11.7 Å². The number of nitrogens with one attached hydrogen (secondary N) is 1. The summed E-state index contributed by atoms with van der Waals surface area (Å²) in [5, 5.41) is 0. The minimum absolute atomic E-state index is 0.259. The first kappa shape index (κ1) is 16.8. The smallest absolute Gasteiger partial charge is 0.269 e. The van der Waals surface area contributed by atoms with Crippen LogP contribution in [0.25, 0.3) is 0 Å². The molecule has 0 bridgehead atoms. The number of rotatable bonds is 5. The Bertz CT molecular complexity index is 260. The van der Waals surface area contributed by atoms with Crippen LogP contribution in [0.5, 0.6) is 0 Å². The summed E-state index contributed by atoms with van der Waals surface area (Å²) < 4.78 is 0. The summed E-state index contributed by atoms with van der Waals surface area (Å²) in [5.74, 6) is -0.323. The molecular weight excluding hydrogens is 208 g/mol. The molecule has 0 fully saturated rings. The highest BCUT2D eigenvalue weighted by Crippen LogP contribution is 1.91. The fraction of sp³-hybridized carbons (Fsp3) is 0.455. The van der Waals surface area contributed by atoms with Crippen molar-refractivity contribution in [3.8, 4) is 0 Å². The summed E-state index contributed by atoms with van der Waals surface area (Å²) in [6.45, 7) is 12.7. The van der Waals surface area contributed by atoms with Crippen LogP contribution >= 0.6 is 0 Å². The van der Waals surface area contributed by atoms with Crippen LogP contribution < -0.4 is 11.2 Å². The predicted molar refractivity (Wildman–Crippen MR) is 63.1 cm³/mol. The molecule has 0 spiro atoms. The summed E-state index contributed by atoms with van der Waals surface area (Å²) in [7, 11) is 0. The van der Waals surface area contributed by atoms with Gasteiger partial charge in [0, 0.05) is 5.57 Å². The molecular formula is C11H20N2O3. The molecule has 0 saturated heterocycles. The first-order valence-electron chi connectivity index (χ1n) is 4.80. The highest BCUT2D eigenvalue weighted by atomic mass is 16.6. The number of nitrogens with two attached hydrogens (primary N) is 1. The Morgan fingerprint density at radius 3 is 2.19 bits per heavy atom. The second kappa shape index (κ2) is 9.92. The molecule has 0 rings (SSSR count). The Kier molecular flexibility index (Phi) is 10.4. The van der Waals surface area contributed by atoms with Gasteiger partial charge >= 0.3 is 0 Å². The van der Waals surface area contributed by atoms with Crippen LogP contribution in [0.1, 0.15) is 20.8 Å². The molecule has 2 amide bonds. The van der Waals surface area contributed by atoms with Gasteiger partial charge in [-0.2, -0.15) is 0 Å². The van der Waals surface area contributed by atoms with Crippen LogP contribution in [0.3, 0.4) is 0 Å². The third-order valence-electron chi connectivity index (χ3n) is 1.17. The molecule has 0 atom stereocenters. The van der Waals surface area contributed by atoms with Gasteiger partial charge < -0.3 is 5.73 Å². The third kappa shape index (κ3) is 14.9. The summed E-state index contributed by atoms with van der Waals surface area (Å²) in [6, 6.07) is 0. The highest BCUT2D eigenvalue weighted by molar-refractivity contribution is 5.91. The maximum absolute atomic E-state index is 10.8. The van der Waals surface area contributed by atoms with E-state index in [0.29, 0.717) is 18.1 Å². The summed E-state index contributed by atoms with van der Waals surface area (Å²) in [4.78, 5) is 25.1. The SMILES string of the molecule is C=C(C)C(=O)NOCC(C)C.C=CC(N)=O. The van der Waals surface area contributed by atoms with Gasteiger partial charge in [0.2, 0.25) is 5.91 Å². The van der Waals surface area contributed by atoms with E-state index in [9.17, 15) is 9.59 Å². The van der Waals surface area contributed by atoms with E-state index < -0.39 is 5.91 Å². The van der Waals surface area contributed by atoms with E-state index in [4.69, 9.17) is 4.84 Å². The third-order valence-corrected chi connectivity index (χ3v) is 1.17. The van der Waals surface area contributed by atoms with Crippen LogP contribution in [-0.4, -0.2) is 18.4 Å². The van der Waals surface area contributed by atoms with Gasteiger partial charge in [-0.1, -0.05) is 27.0 Å². The average Bonchev–Trinajstić information content (AvgIpc) is 2.17. The van der Waals surface area contributed by atoms with Crippen molar-refractivity contribution >= 4 is 11.8 Å². The largest absolute Gasteiger partial charge is 0.366 e.